The van der Waals surface area contributed by atoms with E-state index in [0.29, 0.717) is 0 Å². The predicted molar refractivity (Wildman–Crippen MR) is 72.2 cm³/mol. The molecule has 1 atom stereocenters. The average molecular weight is 260 g/mol. The van der Waals surface area contributed by atoms with Crippen LogP contribution < -0.4 is 5.73 Å². The predicted octanol–water partition coefficient (Wildman–Crippen LogP) is 2.69. The van der Waals surface area contributed by atoms with Crippen molar-refractivity contribution in [3.8, 4) is 0 Å². The van der Waals surface area contributed by atoms with E-state index in [1.807, 2.05) is 24.6 Å². The fourth-order valence-electron chi connectivity index (χ4n) is 3.07. The highest BCUT2D eigenvalue weighted by molar-refractivity contribution is 5.86. The third kappa shape index (κ3) is 1.66. The molecule has 1 fully saturated rings. The lowest BCUT2D eigenvalue weighted by Gasteiger charge is -2.21. The number of nitrogens with two attached hydrogens (primary N) is 1. The van der Waals surface area contributed by atoms with Gasteiger partial charge in [-0.25, -0.2) is 4.39 Å². The minimum atomic E-state index is -0.402. The summed E-state index contributed by atoms with van der Waals surface area (Å²) in [6.45, 7) is 2.03. The molecule has 1 heterocycles. The smallest absolute Gasteiger partial charge is 0.224 e. The number of fused-ring (bicyclic) bond motifs is 1. The van der Waals surface area contributed by atoms with Crippen LogP contribution in [0.3, 0.4) is 0 Å². The number of carbonyl (C=O) groups excluding carboxylic acids is 1. The molecule has 19 heavy (non-hydrogen) atoms. The van der Waals surface area contributed by atoms with Gasteiger partial charge in [0.1, 0.15) is 5.82 Å². The van der Waals surface area contributed by atoms with Crippen LogP contribution in [0.1, 0.15) is 31.4 Å². The lowest BCUT2D eigenvalue weighted by molar-refractivity contribution is -0.123. The second kappa shape index (κ2) is 3.83. The van der Waals surface area contributed by atoms with Crippen molar-refractivity contribution in [1.29, 1.82) is 0 Å². The molecule has 1 aromatic heterocycles. The zero-order valence-electron chi connectivity index (χ0n) is 11.1. The number of rotatable bonds is 3. The molecule has 0 radical (unpaired) electrons. The van der Waals surface area contributed by atoms with E-state index in [1.54, 1.807) is 6.07 Å². The van der Waals surface area contributed by atoms with Gasteiger partial charge < -0.3 is 10.3 Å². The van der Waals surface area contributed by atoms with Crippen LogP contribution in [0.15, 0.2) is 24.3 Å². The quantitative estimate of drug-likeness (QED) is 0.906. The van der Waals surface area contributed by atoms with Crippen molar-refractivity contribution >= 4 is 16.8 Å². The molecule has 4 heteroatoms. The number of primary amides is 1. The molecule has 0 bridgehead atoms. The van der Waals surface area contributed by atoms with Crippen LogP contribution in [0, 0.1) is 11.2 Å². The second-order valence-electron chi connectivity index (χ2n) is 5.57. The van der Waals surface area contributed by atoms with Gasteiger partial charge >= 0.3 is 0 Å². The number of halogens is 1. The van der Waals surface area contributed by atoms with Gasteiger partial charge in [-0.1, -0.05) is 6.92 Å². The maximum Gasteiger partial charge on any atom is 0.224 e. The van der Waals surface area contributed by atoms with Gasteiger partial charge in [0, 0.05) is 29.6 Å². The summed E-state index contributed by atoms with van der Waals surface area (Å²) in [5, 5.41) is 0.865. The number of aromatic nitrogens is 1. The Morgan fingerprint density at radius 1 is 1.42 bits per heavy atom. The highest BCUT2D eigenvalue weighted by atomic mass is 19.1. The highest BCUT2D eigenvalue weighted by Gasteiger charge is 2.53. The van der Waals surface area contributed by atoms with E-state index in [4.69, 9.17) is 5.73 Å². The van der Waals surface area contributed by atoms with E-state index >= 15 is 0 Å². The van der Waals surface area contributed by atoms with Gasteiger partial charge in [0.15, 0.2) is 0 Å². The van der Waals surface area contributed by atoms with Crippen molar-refractivity contribution in [2.45, 2.75) is 25.7 Å². The highest BCUT2D eigenvalue weighted by Crippen LogP contribution is 2.56. The molecule has 3 nitrogen and oxygen atoms in total. The molecule has 3 rings (SSSR count). The Morgan fingerprint density at radius 2 is 2.11 bits per heavy atom. The van der Waals surface area contributed by atoms with Crippen LogP contribution in [0.5, 0.6) is 0 Å². The maximum atomic E-state index is 13.3. The summed E-state index contributed by atoms with van der Waals surface area (Å²) in [5.74, 6) is -0.407. The van der Waals surface area contributed by atoms with E-state index in [2.05, 4.69) is 0 Å². The monoisotopic (exact) mass is 260 g/mol. The Hall–Kier alpha value is -1.84. The molecule has 0 spiro atoms. The number of carbonyl (C=O) groups is 1. The number of hydrogen-bond acceptors (Lipinski definition) is 1. The van der Waals surface area contributed by atoms with E-state index in [9.17, 15) is 9.18 Å². The van der Waals surface area contributed by atoms with Crippen molar-refractivity contribution in [1.82, 2.24) is 4.57 Å². The summed E-state index contributed by atoms with van der Waals surface area (Å²) >= 11 is 0. The van der Waals surface area contributed by atoms with Gasteiger partial charge in [0.2, 0.25) is 5.91 Å². The lowest BCUT2D eigenvalue weighted by atomic mass is 9.87. The molecule has 2 N–H and O–H groups in total. The van der Waals surface area contributed by atoms with Crippen molar-refractivity contribution in [2.24, 2.45) is 18.2 Å². The number of hydrogen-bond donors (Lipinski definition) is 1. The molecule has 1 aromatic carbocycles. The molecular weight excluding hydrogens is 243 g/mol. The van der Waals surface area contributed by atoms with Crippen LogP contribution in [-0.4, -0.2) is 10.5 Å². The fourth-order valence-corrected chi connectivity index (χ4v) is 3.07. The number of benzene rings is 1. The van der Waals surface area contributed by atoms with Gasteiger partial charge in [-0.05, 0) is 37.1 Å². The molecule has 1 amide bonds. The van der Waals surface area contributed by atoms with E-state index < -0.39 is 5.41 Å². The Bertz CT molecular complexity index is 670. The Morgan fingerprint density at radius 3 is 2.68 bits per heavy atom. The lowest BCUT2D eigenvalue weighted by Crippen LogP contribution is -2.30. The standard InChI is InChI=1S/C15H17FN2O/c1-9(15(5-6-15)14(17)19)13-8-10-7-11(16)3-4-12(10)18(13)2/h3-4,7-9H,5-6H2,1-2H3,(H2,17,19)/t9-/m0/s1. The van der Waals surface area contributed by atoms with Gasteiger partial charge in [-0.3, -0.25) is 4.79 Å². The Balaban J connectivity index is 2.11. The van der Waals surface area contributed by atoms with Crippen molar-refractivity contribution < 1.29 is 9.18 Å². The third-order valence-electron chi connectivity index (χ3n) is 4.59. The molecular formula is C15H17FN2O. The van der Waals surface area contributed by atoms with Gasteiger partial charge in [-0.2, -0.15) is 0 Å². The zero-order valence-corrected chi connectivity index (χ0v) is 11.1. The number of aryl methyl sites for hydroxylation is 1. The summed E-state index contributed by atoms with van der Waals surface area (Å²) in [6.07, 6.45) is 1.69. The van der Waals surface area contributed by atoms with Crippen molar-refractivity contribution in [3.63, 3.8) is 0 Å². The summed E-state index contributed by atoms with van der Waals surface area (Å²) in [5.41, 5.74) is 7.14. The minimum absolute atomic E-state index is 0.0606. The zero-order chi connectivity index (χ0) is 13.8. The summed E-state index contributed by atoms with van der Waals surface area (Å²) in [6, 6.07) is 6.71. The topological polar surface area (TPSA) is 48.0 Å². The normalized spacial score (nSPS) is 18.5. The SMILES string of the molecule is C[C@@H](c1cc2cc(F)ccc2n1C)C1(C(N)=O)CC1. The van der Waals surface area contributed by atoms with Gasteiger partial charge in [-0.15, -0.1) is 0 Å². The second-order valence-corrected chi connectivity index (χ2v) is 5.57. The summed E-state index contributed by atoms with van der Waals surface area (Å²) in [4.78, 5) is 11.6. The van der Waals surface area contributed by atoms with Crippen LogP contribution in [-0.2, 0) is 11.8 Å². The maximum absolute atomic E-state index is 13.3. The van der Waals surface area contributed by atoms with Crippen molar-refractivity contribution in [2.75, 3.05) is 0 Å². The first-order valence-corrected chi connectivity index (χ1v) is 6.50. The molecule has 100 valence electrons. The van der Waals surface area contributed by atoms with Crippen molar-refractivity contribution in [3.05, 3.63) is 35.8 Å². The molecule has 0 aliphatic heterocycles. The first-order chi connectivity index (χ1) is 8.95. The van der Waals surface area contributed by atoms with E-state index in [0.717, 1.165) is 29.4 Å². The minimum Gasteiger partial charge on any atom is -0.369 e. The Labute approximate surface area is 111 Å². The molecule has 1 saturated carbocycles. The van der Waals surface area contributed by atoms with Crippen LogP contribution in [0.25, 0.3) is 10.9 Å². The number of amides is 1. The fraction of sp³-hybridized carbons (Fsp3) is 0.400. The molecule has 2 aromatic rings. The van der Waals surface area contributed by atoms with E-state index in [-0.39, 0.29) is 17.6 Å². The average Bonchev–Trinajstić information content (AvgIpc) is 3.10. The molecule has 1 aliphatic carbocycles. The van der Waals surface area contributed by atoms with E-state index in [1.165, 1.54) is 12.1 Å². The summed E-state index contributed by atoms with van der Waals surface area (Å²) < 4.78 is 15.3. The third-order valence-corrected chi connectivity index (χ3v) is 4.59. The largest absolute Gasteiger partial charge is 0.369 e. The van der Waals surface area contributed by atoms with Crippen LogP contribution >= 0.6 is 0 Å². The first-order valence-electron chi connectivity index (χ1n) is 6.50. The Kier molecular flexibility index (Phi) is 2.46. The number of nitrogens with zero attached hydrogens (tertiary/aromatic N) is 1. The molecule has 0 saturated heterocycles. The summed E-state index contributed by atoms with van der Waals surface area (Å²) in [7, 11) is 1.95. The van der Waals surface area contributed by atoms with Crippen LogP contribution in [0.2, 0.25) is 0 Å². The van der Waals surface area contributed by atoms with Gasteiger partial charge in [0.25, 0.3) is 0 Å². The van der Waals surface area contributed by atoms with Crippen LogP contribution in [0.4, 0.5) is 4.39 Å². The first kappa shape index (κ1) is 12.2. The van der Waals surface area contributed by atoms with Gasteiger partial charge in [0.05, 0.1) is 5.41 Å². The molecule has 0 unspecified atom stereocenters. The molecule has 1 aliphatic rings.